The summed E-state index contributed by atoms with van der Waals surface area (Å²) in [6, 6.07) is 16.6. The fourth-order valence-corrected chi connectivity index (χ4v) is 2.87. The van der Waals surface area contributed by atoms with Crippen molar-refractivity contribution in [1.29, 1.82) is 0 Å². The van der Waals surface area contributed by atoms with Gasteiger partial charge in [0, 0.05) is 5.92 Å². The van der Waals surface area contributed by atoms with E-state index in [2.05, 4.69) is 24.3 Å². The minimum atomic E-state index is -0.146. The van der Waals surface area contributed by atoms with Crippen molar-refractivity contribution in [2.75, 3.05) is 0 Å². The highest BCUT2D eigenvalue weighted by molar-refractivity contribution is 5.79. The van der Waals surface area contributed by atoms with Gasteiger partial charge in [0.05, 0.1) is 0 Å². The number of rotatable bonds is 3. The normalized spacial score (nSPS) is 14.7. The van der Waals surface area contributed by atoms with Crippen LogP contribution in [0.2, 0.25) is 0 Å². The van der Waals surface area contributed by atoms with Gasteiger partial charge in [-0.2, -0.15) is 0 Å². The quantitative estimate of drug-likeness (QED) is 0.766. The summed E-state index contributed by atoms with van der Waals surface area (Å²) in [5, 5.41) is 0. The van der Waals surface area contributed by atoms with Crippen molar-refractivity contribution in [3.8, 4) is 11.1 Å². The van der Waals surface area contributed by atoms with Gasteiger partial charge in [0.2, 0.25) is 0 Å². The Kier molecular flexibility index (Phi) is 2.63. The fourth-order valence-electron chi connectivity index (χ4n) is 2.87. The van der Waals surface area contributed by atoms with E-state index in [0.717, 1.165) is 0 Å². The first kappa shape index (κ1) is 11.0. The summed E-state index contributed by atoms with van der Waals surface area (Å²) in [4.78, 5) is 10.6. The molecule has 0 radical (unpaired) electrons. The minimum Gasteiger partial charge on any atom is -0.464 e. The van der Waals surface area contributed by atoms with E-state index in [1.54, 1.807) is 0 Å². The Hall–Kier alpha value is -2.09. The zero-order valence-electron chi connectivity index (χ0n) is 10.2. The Morgan fingerprint density at radius 1 is 1.00 bits per heavy atom. The van der Waals surface area contributed by atoms with Crippen LogP contribution in [0, 0.1) is 0 Å². The molecular weight excluding hydrogens is 224 g/mol. The van der Waals surface area contributed by atoms with E-state index in [1.807, 2.05) is 31.2 Å². The van der Waals surface area contributed by atoms with Crippen molar-refractivity contribution in [3.05, 3.63) is 59.7 Å². The maximum absolute atomic E-state index is 10.6. The van der Waals surface area contributed by atoms with Gasteiger partial charge in [-0.15, -0.1) is 0 Å². The van der Waals surface area contributed by atoms with Crippen LogP contribution >= 0.6 is 0 Å². The van der Waals surface area contributed by atoms with Gasteiger partial charge in [-0.25, -0.2) is 0 Å². The Morgan fingerprint density at radius 3 is 2.00 bits per heavy atom. The number of carbonyl (C=O) groups excluding carboxylic acids is 1. The molecule has 2 aromatic carbocycles. The summed E-state index contributed by atoms with van der Waals surface area (Å²) >= 11 is 0. The Bertz CT molecular complexity index is 544. The van der Waals surface area contributed by atoms with Crippen LogP contribution in [-0.4, -0.2) is 12.6 Å². The van der Waals surface area contributed by atoms with Gasteiger partial charge in [0.15, 0.2) is 0 Å². The van der Waals surface area contributed by atoms with Gasteiger partial charge in [0.25, 0.3) is 6.47 Å². The molecule has 0 heterocycles. The van der Waals surface area contributed by atoms with Crippen molar-refractivity contribution >= 4 is 6.47 Å². The van der Waals surface area contributed by atoms with Crippen LogP contribution in [0.15, 0.2) is 48.5 Å². The molecule has 1 unspecified atom stereocenters. The van der Waals surface area contributed by atoms with E-state index < -0.39 is 0 Å². The van der Waals surface area contributed by atoms with Gasteiger partial charge in [-0.05, 0) is 29.2 Å². The molecule has 0 aromatic heterocycles. The predicted octanol–water partition coefficient (Wildman–Crippen LogP) is 3.36. The average molecular weight is 238 g/mol. The lowest BCUT2D eigenvalue weighted by Gasteiger charge is -2.19. The zero-order chi connectivity index (χ0) is 12.5. The summed E-state index contributed by atoms with van der Waals surface area (Å²) in [5.41, 5.74) is 4.99. The lowest BCUT2D eigenvalue weighted by atomic mass is 9.92. The molecule has 1 aliphatic rings. The smallest absolute Gasteiger partial charge is 0.293 e. The number of ether oxygens (including phenoxy) is 1. The molecule has 2 aromatic rings. The van der Waals surface area contributed by atoms with Crippen molar-refractivity contribution in [2.24, 2.45) is 0 Å². The largest absolute Gasteiger partial charge is 0.464 e. The molecule has 0 bridgehead atoms. The third kappa shape index (κ3) is 1.53. The lowest BCUT2D eigenvalue weighted by molar-refractivity contribution is -0.133. The molecule has 18 heavy (non-hydrogen) atoms. The average Bonchev–Trinajstić information content (AvgIpc) is 2.73. The topological polar surface area (TPSA) is 26.3 Å². The highest BCUT2D eigenvalue weighted by Gasteiger charge is 2.32. The number of benzene rings is 2. The van der Waals surface area contributed by atoms with Gasteiger partial charge >= 0.3 is 0 Å². The molecule has 0 aliphatic heterocycles. The van der Waals surface area contributed by atoms with Gasteiger partial charge < -0.3 is 4.74 Å². The molecule has 90 valence electrons. The molecule has 2 heteroatoms. The molecule has 0 saturated heterocycles. The summed E-state index contributed by atoms with van der Waals surface area (Å²) in [6.07, 6.45) is -0.146. The molecule has 2 nitrogen and oxygen atoms in total. The van der Waals surface area contributed by atoms with E-state index in [1.165, 1.54) is 22.3 Å². The molecular formula is C16H14O2. The van der Waals surface area contributed by atoms with Gasteiger partial charge in [-0.1, -0.05) is 48.5 Å². The third-order valence-corrected chi connectivity index (χ3v) is 3.62. The third-order valence-electron chi connectivity index (χ3n) is 3.62. The van der Waals surface area contributed by atoms with Crippen LogP contribution < -0.4 is 0 Å². The number of hydrogen-bond acceptors (Lipinski definition) is 2. The summed E-state index contributed by atoms with van der Waals surface area (Å²) in [7, 11) is 0. The van der Waals surface area contributed by atoms with Crippen molar-refractivity contribution < 1.29 is 9.53 Å². The molecule has 0 spiro atoms. The van der Waals surface area contributed by atoms with E-state index in [-0.39, 0.29) is 12.0 Å². The zero-order valence-corrected chi connectivity index (χ0v) is 10.2. The van der Waals surface area contributed by atoms with E-state index in [0.29, 0.717) is 6.47 Å². The van der Waals surface area contributed by atoms with Gasteiger partial charge in [-0.3, -0.25) is 4.79 Å². The SMILES string of the molecule is CC(OC=O)C1c2ccccc2-c2ccccc21. The second kappa shape index (κ2) is 4.30. The summed E-state index contributed by atoms with van der Waals surface area (Å²) in [6.45, 7) is 2.48. The van der Waals surface area contributed by atoms with E-state index >= 15 is 0 Å². The van der Waals surface area contributed by atoms with E-state index in [4.69, 9.17) is 4.74 Å². The maximum atomic E-state index is 10.6. The first-order chi connectivity index (χ1) is 8.83. The molecule has 1 aliphatic carbocycles. The van der Waals surface area contributed by atoms with Gasteiger partial charge in [0.1, 0.15) is 6.10 Å². The number of fused-ring (bicyclic) bond motifs is 3. The Labute approximate surface area is 106 Å². The first-order valence-corrected chi connectivity index (χ1v) is 6.10. The number of carbonyl (C=O) groups is 1. The molecule has 1 atom stereocenters. The van der Waals surface area contributed by atoms with Crippen molar-refractivity contribution in [1.82, 2.24) is 0 Å². The van der Waals surface area contributed by atoms with Crippen LogP contribution in [0.25, 0.3) is 11.1 Å². The van der Waals surface area contributed by atoms with Crippen LogP contribution in [0.3, 0.4) is 0 Å². The fraction of sp³-hybridized carbons (Fsp3) is 0.188. The molecule has 3 rings (SSSR count). The van der Waals surface area contributed by atoms with E-state index in [9.17, 15) is 4.79 Å². The highest BCUT2D eigenvalue weighted by atomic mass is 16.5. The standard InChI is InChI=1S/C16H14O2/c1-11(18-10-17)16-14-8-4-2-6-12(14)13-7-3-5-9-15(13)16/h2-11,16H,1H3. The monoisotopic (exact) mass is 238 g/mol. The van der Waals surface area contributed by atoms with Crippen LogP contribution in [-0.2, 0) is 9.53 Å². The summed E-state index contributed by atoms with van der Waals surface area (Å²) in [5.74, 6) is 0.141. The summed E-state index contributed by atoms with van der Waals surface area (Å²) < 4.78 is 5.16. The van der Waals surface area contributed by atoms with Crippen LogP contribution in [0.5, 0.6) is 0 Å². The lowest BCUT2D eigenvalue weighted by Crippen LogP contribution is -2.17. The maximum Gasteiger partial charge on any atom is 0.293 e. The molecule has 0 fully saturated rings. The second-order valence-corrected chi connectivity index (χ2v) is 4.59. The van der Waals surface area contributed by atoms with Crippen LogP contribution in [0.1, 0.15) is 24.0 Å². The molecule has 0 amide bonds. The Balaban J connectivity index is 2.17. The minimum absolute atomic E-state index is 0.141. The van der Waals surface area contributed by atoms with Crippen molar-refractivity contribution in [3.63, 3.8) is 0 Å². The second-order valence-electron chi connectivity index (χ2n) is 4.59. The van der Waals surface area contributed by atoms with Crippen molar-refractivity contribution in [2.45, 2.75) is 18.9 Å². The molecule has 0 N–H and O–H groups in total. The number of hydrogen-bond donors (Lipinski definition) is 0. The first-order valence-electron chi connectivity index (χ1n) is 6.10. The highest BCUT2D eigenvalue weighted by Crippen LogP contribution is 2.46. The Morgan fingerprint density at radius 2 is 1.50 bits per heavy atom. The van der Waals surface area contributed by atoms with Crippen LogP contribution in [0.4, 0.5) is 0 Å². The predicted molar refractivity (Wildman–Crippen MR) is 70.3 cm³/mol. The molecule has 0 saturated carbocycles.